The average molecular weight is 389 g/mol. The second-order valence-electron chi connectivity index (χ2n) is 6.36. The minimum absolute atomic E-state index is 0.0529. The van der Waals surface area contributed by atoms with E-state index in [4.69, 9.17) is 11.6 Å². The Labute approximate surface area is 161 Å². The van der Waals surface area contributed by atoms with Gasteiger partial charge in [-0.1, -0.05) is 29.8 Å². The van der Waals surface area contributed by atoms with Gasteiger partial charge in [-0.15, -0.1) is 0 Å². The Kier molecular flexibility index (Phi) is 5.56. The van der Waals surface area contributed by atoms with Gasteiger partial charge in [0.05, 0.1) is 11.1 Å². The maximum absolute atomic E-state index is 13.8. The molecule has 1 aliphatic rings. The SMILES string of the molecule is CN(Cc1c(F)cccc1Cl)C(=O)CCCN1C(=O)c2ccccc2C1=O. The molecule has 0 atom stereocenters. The summed E-state index contributed by atoms with van der Waals surface area (Å²) in [6.45, 7) is 0.212. The first kappa shape index (κ1) is 19.0. The van der Waals surface area contributed by atoms with E-state index in [-0.39, 0.29) is 47.8 Å². The van der Waals surface area contributed by atoms with Crippen LogP contribution < -0.4 is 0 Å². The van der Waals surface area contributed by atoms with Gasteiger partial charge < -0.3 is 4.90 Å². The molecule has 0 bridgehead atoms. The zero-order valence-corrected chi connectivity index (χ0v) is 15.5. The van der Waals surface area contributed by atoms with Crippen LogP contribution in [0.1, 0.15) is 39.1 Å². The highest BCUT2D eigenvalue weighted by Crippen LogP contribution is 2.23. The molecule has 27 heavy (non-hydrogen) atoms. The third-order valence-electron chi connectivity index (χ3n) is 4.53. The molecule has 140 valence electrons. The number of imide groups is 1. The molecule has 3 amide bonds. The van der Waals surface area contributed by atoms with Gasteiger partial charge >= 0.3 is 0 Å². The number of hydrogen-bond acceptors (Lipinski definition) is 3. The van der Waals surface area contributed by atoms with E-state index in [1.807, 2.05) is 0 Å². The molecule has 0 N–H and O–H groups in total. The van der Waals surface area contributed by atoms with E-state index in [0.717, 1.165) is 4.90 Å². The summed E-state index contributed by atoms with van der Waals surface area (Å²) in [4.78, 5) is 39.4. The highest BCUT2D eigenvalue weighted by Gasteiger charge is 2.34. The summed E-state index contributed by atoms with van der Waals surface area (Å²) in [7, 11) is 1.56. The van der Waals surface area contributed by atoms with Crippen molar-refractivity contribution in [2.24, 2.45) is 0 Å². The third-order valence-corrected chi connectivity index (χ3v) is 4.89. The summed E-state index contributed by atoms with van der Waals surface area (Å²) < 4.78 is 13.8. The maximum Gasteiger partial charge on any atom is 0.261 e. The van der Waals surface area contributed by atoms with E-state index in [9.17, 15) is 18.8 Å². The van der Waals surface area contributed by atoms with E-state index in [1.165, 1.54) is 17.0 Å². The van der Waals surface area contributed by atoms with Crippen LogP contribution in [0.25, 0.3) is 0 Å². The molecule has 0 unspecified atom stereocenters. The Hall–Kier alpha value is -2.73. The lowest BCUT2D eigenvalue weighted by molar-refractivity contribution is -0.130. The van der Waals surface area contributed by atoms with Crippen LogP contribution in [0.15, 0.2) is 42.5 Å². The molecule has 3 rings (SSSR count). The number of benzene rings is 2. The number of carbonyl (C=O) groups is 3. The number of halogens is 2. The van der Waals surface area contributed by atoms with Crippen LogP contribution in [0.5, 0.6) is 0 Å². The molecule has 0 aliphatic carbocycles. The Morgan fingerprint density at radius 3 is 2.30 bits per heavy atom. The summed E-state index contributed by atoms with van der Waals surface area (Å²) in [5.74, 6) is -1.36. The van der Waals surface area contributed by atoms with Gasteiger partial charge in [-0.25, -0.2) is 4.39 Å². The Morgan fingerprint density at radius 1 is 1.07 bits per heavy atom. The lowest BCUT2D eigenvalue weighted by atomic mass is 10.1. The number of hydrogen-bond donors (Lipinski definition) is 0. The summed E-state index contributed by atoms with van der Waals surface area (Å²) in [6, 6.07) is 11.0. The van der Waals surface area contributed by atoms with Crippen molar-refractivity contribution in [1.82, 2.24) is 9.80 Å². The highest BCUT2D eigenvalue weighted by molar-refractivity contribution is 6.31. The highest BCUT2D eigenvalue weighted by atomic mass is 35.5. The fraction of sp³-hybridized carbons (Fsp3) is 0.250. The normalized spacial score (nSPS) is 13.1. The fourth-order valence-corrected chi connectivity index (χ4v) is 3.25. The first-order chi connectivity index (χ1) is 12.9. The van der Waals surface area contributed by atoms with Crippen molar-refractivity contribution in [2.45, 2.75) is 19.4 Å². The zero-order valence-electron chi connectivity index (χ0n) is 14.7. The first-order valence-corrected chi connectivity index (χ1v) is 8.90. The molecule has 0 saturated heterocycles. The van der Waals surface area contributed by atoms with Crippen LogP contribution in [-0.4, -0.2) is 41.1 Å². The molecule has 0 spiro atoms. The topological polar surface area (TPSA) is 57.7 Å². The summed E-state index contributed by atoms with van der Waals surface area (Å²) in [6.07, 6.45) is 0.468. The maximum atomic E-state index is 13.8. The molecule has 1 heterocycles. The molecule has 5 nitrogen and oxygen atoms in total. The average Bonchev–Trinajstić information content (AvgIpc) is 2.89. The largest absolute Gasteiger partial charge is 0.341 e. The van der Waals surface area contributed by atoms with E-state index >= 15 is 0 Å². The molecule has 2 aromatic carbocycles. The number of rotatable bonds is 6. The second kappa shape index (κ2) is 7.88. The van der Waals surface area contributed by atoms with Gasteiger partial charge in [0.15, 0.2) is 0 Å². The molecule has 7 heteroatoms. The first-order valence-electron chi connectivity index (χ1n) is 8.52. The van der Waals surface area contributed by atoms with Crippen LogP contribution in [0.4, 0.5) is 4.39 Å². The van der Waals surface area contributed by atoms with Crippen molar-refractivity contribution in [3.05, 3.63) is 70.0 Å². The summed E-state index contributed by atoms with van der Waals surface area (Å²) in [5.41, 5.74) is 1.04. The quantitative estimate of drug-likeness (QED) is 0.711. The Balaban J connectivity index is 1.54. The predicted octanol–water partition coefficient (Wildman–Crippen LogP) is 3.51. The minimum Gasteiger partial charge on any atom is -0.341 e. The second-order valence-corrected chi connectivity index (χ2v) is 6.77. The van der Waals surface area contributed by atoms with Gasteiger partial charge in [0, 0.05) is 37.1 Å². The molecule has 0 radical (unpaired) electrons. The van der Waals surface area contributed by atoms with Crippen LogP contribution in [-0.2, 0) is 11.3 Å². The smallest absolute Gasteiger partial charge is 0.261 e. The summed E-state index contributed by atoms with van der Waals surface area (Å²) in [5, 5.41) is 0.265. The van der Waals surface area contributed by atoms with E-state index in [0.29, 0.717) is 17.5 Å². The minimum atomic E-state index is -0.465. The van der Waals surface area contributed by atoms with Gasteiger partial charge in [-0.3, -0.25) is 19.3 Å². The number of amides is 3. The zero-order chi connectivity index (χ0) is 19.6. The molecule has 2 aromatic rings. The molecule has 0 aromatic heterocycles. The Morgan fingerprint density at radius 2 is 1.70 bits per heavy atom. The van der Waals surface area contributed by atoms with Crippen LogP contribution in [0.3, 0.4) is 0 Å². The molecule has 0 fully saturated rings. The number of carbonyl (C=O) groups excluding carboxylic acids is 3. The standard InChI is InChI=1S/C20H18ClFN2O3/c1-23(12-15-16(21)8-4-9-17(15)22)18(25)10-5-11-24-19(26)13-6-2-3-7-14(13)20(24)27/h2-4,6-9H,5,10-12H2,1H3. The van der Waals surface area contributed by atoms with Crippen molar-refractivity contribution in [2.75, 3.05) is 13.6 Å². The lowest BCUT2D eigenvalue weighted by Crippen LogP contribution is -2.32. The monoisotopic (exact) mass is 388 g/mol. The van der Waals surface area contributed by atoms with Crippen LogP contribution >= 0.6 is 11.6 Å². The molecule has 1 aliphatic heterocycles. The third kappa shape index (κ3) is 3.85. The van der Waals surface area contributed by atoms with Crippen LogP contribution in [0, 0.1) is 5.82 Å². The van der Waals surface area contributed by atoms with Crippen molar-refractivity contribution in [3.8, 4) is 0 Å². The van der Waals surface area contributed by atoms with Gasteiger partial charge in [-0.05, 0) is 30.7 Å². The van der Waals surface area contributed by atoms with Gasteiger partial charge in [-0.2, -0.15) is 0 Å². The van der Waals surface area contributed by atoms with Crippen LogP contribution in [0.2, 0.25) is 5.02 Å². The van der Waals surface area contributed by atoms with Crippen molar-refractivity contribution in [1.29, 1.82) is 0 Å². The van der Waals surface area contributed by atoms with Gasteiger partial charge in [0.2, 0.25) is 5.91 Å². The Bertz CT molecular complexity index is 861. The molecular formula is C20H18ClFN2O3. The predicted molar refractivity (Wildman–Crippen MR) is 98.9 cm³/mol. The number of nitrogens with zero attached hydrogens (tertiary/aromatic N) is 2. The lowest BCUT2D eigenvalue weighted by Gasteiger charge is -2.19. The van der Waals surface area contributed by atoms with Crippen molar-refractivity contribution in [3.63, 3.8) is 0 Å². The van der Waals surface area contributed by atoms with Crippen molar-refractivity contribution >= 4 is 29.3 Å². The number of fused-ring (bicyclic) bond motifs is 1. The van der Waals surface area contributed by atoms with Crippen molar-refractivity contribution < 1.29 is 18.8 Å². The molecule has 0 saturated carbocycles. The van der Waals surface area contributed by atoms with E-state index in [1.54, 1.807) is 37.4 Å². The fourth-order valence-electron chi connectivity index (χ4n) is 3.03. The molecular weight excluding hydrogens is 371 g/mol. The van der Waals surface area contributed by atoms with Gasteiger partial charge in [0.1, 0.15) is 5.82 Å². The summed E-state index contributed by atoms with van der Waals surface area (Å²) >= 11 is 5.99. The van der Waals surface area contributed by atoms with E-state index in [2.05, 4.69) is 0 Å². The van der Waals surface area contributed by atoms with E-state index < -0.39 is 5.82 Å². The van der Waals surface area contributed by atoms with Gasteiger partial charge in [0.25, 0.3) is 11.8 Å².